The SMILES string of the molecule is Cc1c(Cl)cccc1NC(=O)CNC(=O)COc1ccccc1C1SCCS1. The van der Waals surface area contributed by atoms with E-state index in [1.54, 1.807) is 18.2 Å². The van der Waals surface area contributed by atoms with Crippen LogP contribution in [-0.2, 0) is 9.59 Å². The predicted molar refractivity (Wildman–Crippen MR) is 117 cm³/mol. The van der Waals surface area contributed by atoms with Gasteiger partial charge in [0.15, 0.2) is 6.61 Å². The Labute approximate surface area is 177 Å². The molecule has 0 unspecified atom stereocenters. The van der Waals surface area contributed by atoms with Crippen molar-refractivity contribution in [3.63, 3.8) is 0 Å². The fourth-order valence-electron chi connectivity index (χ4n) is 2.66. The molecule has 1 aliphatic rings. The van der Waals surface area contributed by atoms with Crippen LogP contribution in [0.1, 0.15) is 15.7 Å². The highest BCUT2D eigenvalue weighted by atomic mass is 35.5. The summed E-state index contributed by atoms with van der Waals surface area (Å²) in [7, 11) is 0. The van der Waals surface area contributed by atoms with Crippen LogP contribution in [0.4, 0.5) is 5.69 Å². The Morgan fingerprint density at radius 3 is 2.64 bits per heavy atom. The first-order chi connectivity index (χ1) is 13.5. The van der Waals surface area contributed by atoms with Gasteiger partial charge in [-0.2, -0.15) is 0 Å². The van der Waals surface area contributed by atoms with E-state index in [0.29, 0.717) is 21.0 Å². The van der Waals surface area contributed by atoms with Gasteiger partial charge in [0.05, 0.1) is 11.1 Å². The van der Waals surface area contributed by atoms with Crippen molar-refractivity contribution in [1.29, 1.82) is 0 Å². The number of anilines is 1. The van der Waals surface area contributed by atoms with E-state index in [9.17, 15) is 9.59 Å². The number of amides is 2. The lowest BCUT2D eigenvalue weighted by atomic mass is 10.2. The molecule has 28 heavy (non-hydrogen) atoms. The molecule has 1 heterocycles. The molecule has 2 N–H and O–H groups in total. The van der Waals surface area contributed by atoms with Crippen LogP contribution in [0.15, 0.2) is 42.5 Å². The maximum Gasteiger partial charge on any atom is 0.258 e. The second kappa shape index (κ2) is 10.1. The van der Waals surface area contributed by atoms with Crippen molar-refractivity contribution in [2.45, 2.75) is 11.5 Å². The standard InChI is InChI=1S/C20H21ClN2O3S2/c1-13-15(21)6-4-7-16(13)23-18(24)11-22-19(25)12-26-17-8-3-2-5-14(17)20-27-9-10-28-20/h2-8,20H,9-12H2,1H3,(H,22,25)(H,23,24). The molecule has 8 heteroatoms. The van der Waals surface area contributed by atoms with Crippen LogP contribution in [0.5, 0.6) is 5.75 Å². The van der Waals surface area contributed by atoms with Gasteiger partial charge >= 0.3 is 0 Å². The van der Waals surface area contributed by atoms with Crippen molar-refractivity contribution in [1.82, 2.24) is 5.32 Å². The molecule has 0 atom stereocenters. The number of hydrogen-bond acceptors (Lipinski definition) is 5. The molecule has 0 aliphatic carbocycles. The number of thioether (sulfide) groups is 2. The third-order valence-corrected chi connectivity index (χ3v) is 7.62. The van der Waals surface area contributed by atoms with Gasteiger partial charge in [0.25, 0.3) is 5.91 Å². The van der Waals surface area contributed by atoms with Crippen molar-refractivity contribution in [2.24, 2.45) is 0 Å². The average molecular weight is 437 g/mol. The van der Waals surface area contributed by atoms with Crippen LogP contribution in [0.25, 0.3) is 0 Å². The highest BCUT2D eigenvalue weighted by molar-refractivity contribution is 8.19. The molecule has 3 rings (SSSR count). The highest BCUT2D eigenvalue weighted by Gasteiger charge is 2.22. The van der Waals surface area contributed by atoms with Gasteiger partial charge < -0.3 is 15.4 Å². The molecule has 0 spiro atoms. The molecule has 0 aromatic heterocycles. The minimum Gasteiger partial charge on any atom is -0.483 e. The largest absolute Gasteiger partial charge is 0.483 e. The summed E-state index contributed by atoms with van der Waals surface area (Å²) in [5.74, 6) is 2.28. The second-order valence-electron chi connectivity index (χ2n) is 6.14. The summed E-state index contributed by atoms with van der Waals surface area (Å²) in [5, 5.41) is 5.89. The fraction of sp³-hybridized carbons (Fsp3) is 0.300. The zero-order valence-corrected chi connectivity index (χ0v) is 17.8. The Morgan fingerprint density at radius 1 is 1.11 bits per heavy atom. The summed E-state index contributed by atoms with van der Waals surface area (Å²) < 4.78 is 6.05. The third-order valence-electron chi connectivity index (χ3n) is 4.14. The summed E-state index contributed by atoms with van der Waals surface area (Å²) in [5.41, 5.74) is 2.51. The zero-order valence-electron chi connectivity index (χ0n) is 15.4. The number of carbonyl (C=O) groups excluding carboxylic acids is 2. The Kier molecular flexibility index (Phi) is 7.53. The quantitative estimate of drug-likeness (QED) is 0.678. The normalized spacial score (nSPS) is 13.9. The van der Waals surface area contributed by atoms with E-state index in [2.05, 4.69) is 10.6 Å². The van der Waals surface area contributed by atoms with E-state index in [1.807, 2.05) is 54.7 Å². The maximum atomic E-state index is 12.1. The van der Waals surface area contributed by atoms with Gasteiger partial charge in [-0.1, -0.05) is 35.9 Å². The molecular weight excluding hydrogens is 416 g/mol. The Hall–Kier alpha value is -1.83. The highest BCUT2D eigenvalue weighted by Crippen LogP contribution is 2.48. The first kappa shape index (κ1) is 20.9. The van der Waals surface area contributed by atoms with Crippen LogP contribution in [0.3, 0.4) is 0 Å². The van der Waals surface area contributed by atoms with E-state index in [-0.39, 0.29) is 25.0 Å². The minimum absolute atomic E-state index is 0.135. The van der Waals surface area contributed by atoms with E-state index in [4.69, 9.17) is 16.3 Å². The van der Waals surface area contributed by atoms with E-state index in [0.717, 1.165) is 22.6 Å². The first-order valence-electron chi connectivity index (χ1n) is 8.81. The molecule has 2 amide bonds. The molecule has 0 bridgehead atoms. The van der Waals surface area contributed by atoms with E-state index >= 15 is 0 Å². The van der Waals surface area contributed by atoms with Crippen LogP contribution in [0, 0.1) is 6.92 Å². The summed E-state index contributed by atoms with van der Waals surface area (Å²) >= 11 is 9.81. The number of nitrogens with one attached hydrogen (secondary N) is 2. The van der Waals surface area contributed by atoms with Crippen LogP contribution < -0.4 is 15.4 Å². The van der Waals surface area contributed by atoms with Crippen molar-refractivity contribution in [2.75, 3.05) is 30.0 Å². The third kappa shape index (κ3) is 5.59. The summed E-state index contributed by atoms with van der Waals surface area (Å²) in [6.07, 6.45) is 0. The second-order valence-corrected chi connectivity index (χ2v) is 9.27. The summed E-state index contributed by atoms with van der Waals surface area (Å²) in [6.45, 7) is 1.55. The molecule has 1 fully saturated rings. The number of rotatable bonds is 7. The lowest BCUT2D eigenvalue weighted by Gasteiger charge is -2.15. The molecule has 0 saturated carbocycles. The molecule has 2 aromatic rings. The lowest BCUT2D eigenvalue weighted by Crippen LogP contribution is -2.36. The molecule has 5 nitrogen and oxygen atoms in total. The lowest BCUT2D eigenvalue weighted by molar-refractivity contribution is -0.125. The number of halogens is 1. The molecule has 2 aromatic carbocycles. The topological polar surface area (TPSA) is 67.4 Å². The monoisotopic (exact) mass is 436 g/mol. The Bertz CT molecular complexity index is 857. The van der Waals surface area contributed by atoms with Crippen molar-refractivity contribution in [3.8, 4) is 5.75 Å². The number of para-hydroxylation sites is 1. The van der Waals surface area contributed by atoms with E-state index in [1.165, 1.54) is 0 Å². The average Bonchev–Trinajstić information content (AvgIpc) is 3.23. The maximum absolute atomic E-state index is 12.1. The molecule has 148 valence electrons. The van der Waals surface area contributed by atoms with Gasteiger partial charge in [0.2, 0.25) is 5.91 Å². The first-order valence-corrected chi connectivity index (χ1v) is 11.3. The molecule has 0 radical (unpaired) electrons. The van der Waals surface area contributed by atoms with Crippen molar-refractivity contribution < 1.29 is 14.3 Å². The Balaban J connectivity index is 1.47. The van der Waals surface area contributed by atoms with Crippen LogP contribution in [-0.4, -0.2) is 36.5 Å². The smallest absolute Gasteiger partial charge is 0.258 e. The van der Waals surface area contributed by atoms with Gasteiger partial charge in [-0.25, -0.2) is 0 Å². The van der Waals surface area contributed by atoms with Crippen LogP contribution in [0.2, 0.25) is 5.02 Å². The number of carbonyl (C=O) groups is 2. The van der Waals surface area contributed by atoms with Crippen LogP contribution >= 0.6 is 35.1 Å². The van der Waals surface area contributed by atoms with Crippen molar-refractivity contribution >= 4 is 52.6 Å². The van der Waals surface area contributed by atoms with Gasteiger partial charge in [0, 0.05) is 27.8 Å². The summed E-state index contributed by atoms with van der Waals surface area (Å²) in [4.78, 5) is 24.1. The number of ether oxygens (including phenoxy) is 1. The Morgan fingerprint density at radius 2 is 1.86 bits per heavy atom. The van der Waals surface area contributed by atoms with Gasteiger partial charge in [0.1, 0.15) is 5.75 Å². The van der Waals surface area contributed by atoms with Gasteiger partial charge in [-0.15, -0.1) is 23.5 Å². The minimum atomic E-state index is -0.348. The zero-order chi connectivity index (χ0) is 19.9. The fourth-order valence-corrected chi connectivity index (χ4v) is 5.74. The number of benzene rings is 2. The molecular formula is C20H21ClN2O3S2. The number of hydrogen-bond donors (Lipinski definition) is 2. The van der Waals surface area contributed by atoms with Gasteiger partial charge in [-0.05, 0) is 30.7 Å². The van der Waals surface area contributed by atoms with Crippen molar-refractivity contribution in [3.05, 3.63) is 58.6 Å². The van der Waals surface area contributed by atoms with Gasteiger partial charge in [-0.3, -0.25) is 9.59 Å². The molecule has 1 aliphatic heterocycles. The molecule has 1 saturated heterocycles. The van der Waals surface area contributed by atoms with E-state index < -0.39 is 0 Å². The predicted octanol–water partition coefficient (Wildman–Crippen LogP) is 4.26. The summed E-state index contributed by atoms with van der Waals surface area (Å²) in [6, 6.07) is 13.0.